The van der Waals surface area contributed by atoms with Crippen molar-refractivity contribution in [2.45, 2.75) is 19.4 Å². The molecule has 4 heteroatoms. The highest BCUT2D eigenvalue weighted by Gasteiger charge is 2.35. The number of H-pyrrole nitrogens is 1. The Morgan fingerprint density at radius 1 is 1.40 bits per heavy atom. The van der Waals surface area contributed by atoms with Gasteiger partial charge in [0.25, 0.3) is 0 Å². The van der Waals surface area contributed by atoms with Crippen LogP contribution in [0.15, 0.2) is 18.3 Å². The predicted molar refractivity (Wildman–Crippen MR) is 54.9 cm³/mol. The molecule has 1 aromatic rings. The van der Waals surface area contributed by atoms with E-state index in [-0.39, 0.29) is 0 Å². The summed E-state index contributed by atoms with van der Waals surface area (Å²) in [5.41, 5.74) is 0.883. The van der Waals surface area contributed by atoms with Crippen LogP contribution in [0.4, 0.5) is 0 Å². The molecule has 2 bridgehead atoms. The van der Waals surface area contributed by atoms with E-state index in [1.54, 1.807) is 6.20 Å². The summed E-state index contributed by atoms with van der Waals surface area (Å²) in [7, 11) is 0. The third-order valence-electron chi connectivity index (χ3n) is 3.47. The van der Waals surface area contributed by atoms with Crippen LogP contribution in [-0.2, 0) is 11.3 Å². The Bertz CT molecular complexity index is 347. The van der Waals surface area contributed by atoms with Crippen molar-refractivity contribution in [3.63, 3.8) is 0 Å². The first kappa shape index (κ1) is 9.09. The molecule has 0 aromatic carbocycles. The van der Waals surface area contributed by atoms with Gasteiger partial charge in [-0.15, -0.1) is 5.10 Å². The quantitative estimate of drug-likeness (QED) is 0.758. The molecule has 3 unspecified atom stereocenters. The fraction of sp³-hybridized carbons (Fsp3) is 0.636. The van der Waals surface area contributed by atoms with Gasteiger partial charge in [0, 0.05) is 6.20 Å². The fourth-order valence-electron chi connectivity index (χ4n) is 2.70. The van der Waals surface area contributed by atoms with Crippen LogP contribution in [0.3, 0.4) is 0 Å². The van der Waals surface area contributed by atoms with Gasteiger partial charge in [-0.3, -0.25) is 5.10 Å². The Balaban J connectivity index is 1.45. The molecule has 1 aromatic heterocycles. The maximum atomic E-state index is 5.66. The minimum atomic E-state index is 0.577. The molecule has 1 N–H and O–H groups in total. The summed E-state index contributed by atoms with van der Waals surface area (Å²) < 4.78 is 5.66. The minimum Gasteiger partial charge on any atom is -0.375 e. The zero-order chi connectivity index (χ0) is 10.1. The van der Waals surface area contributed by atoms with E-state index in [2.05, 4.69) is 27.6 Å². The van der Waals surface area contributed by atoms with E-state index >= 15 is 0 Å². The predicted octanol–water partition coefficient (Wildman–Crippen LogP) is 1.53. The van der Waals surface area contributed by atoms with Gasteiger partial charge in [-0.25, -0.2) is 0 Å². The lowest BCUT2D eigenvalue weighted by atomic mass is 9.95. The Morgan fingerprint density at radius 2 is 2.40 bits per heavy atom. The smallest absolute Gasteiger partial charge is 0.108 e. The molecular formula is C11H15N3O. The summed E-state index contributed by atoms with van der Waals surface area (Å²) >= 11 is 0. The van der Waals surface area contributed by atoms with E-state index in [4.69, 9.17) is 4.74 Å². The van der Waals surface area contributed by atoms with Crippen molar-refractivity contribution in [3.8, 4) is 0 Å². The number of nitrogens with zero attached hydrogens (tertiary/aromatic N) is 2. The van der Waals surface area contributed by atoms with Crippen molar-refractivity contribution in [1.29, 1.82) is 0 Å². The van der Waals surface area contributed by atoms with Gasteiger partial charge in [-0.05, 0) is 30.6 Å². The first-order chi connectivity index (χ1) is 7.42. The Kier molecular flexibility index (Phi) is 2.29. The lowest BCUT2D eigenvalue weighted by Gasteiger charge is -2.17. The molecule has 0 amide bonds. The van der Waals surface area contributed by atoms with Crippen LogP contribution < -0.4 is 0 Å². The van der Waals surface area contributed by atoms with E-state index in [1.807, 2.05) is 0 Å². The van der Waals surface area contributed by atoms with Crippen LogP contribution in [0.2, 0.25) is 0 Å². The lowest BCUT2D eigenvalue weighted by Crippen LogP contribution is -2.14. The topological polar surface area (TPSA) is 50.8 Å². The Labute approximate surface area is 88.7 Å². The second-order valence-electron chi connectivity index (χ2n) is 4.52. The van der Waals surface area contributed by atoms with Gasteiger partial charge in [0.05, 0.1) is 13.2 Å². The van der Waals surface area contributed by atoms with Crippen molar-refractivity contribution in [3.05, 3.63) is 24.0 Å². The zero-order valence-electron chi connectivity index (χ0n) is 8.60. The third-order valence-corrected chi connectivity index (χ3v) is 3.47. The van der Waals surface area contributed by atoms with Crippen molar-refractivity contribution < 1.29 is 4.74 Å². The number of aromatic amines is 1. The molecule has 0 saturated heterocycles. The van der Waals surface area contributed by atoms with E-state index < -0.39 is 0 Å². The molecule has 80 valence electrons. The number of nitrogens with one attached hydrogen (secondary N) is 1. The second kappa shape index (κ2) is 3.77. The van der Waals surface area contributed by atoms with Crippen LogP contribution in [-0.4, -0.2) is 22.0 Å². The summed E-state index contributed by atoms with van der Waals surface area (Å²) in [6.45, 7) is 1.44. The third kappa shape index (κ3) is 1.81. The highest BCUT2D eigenvalue weighted by atomic mass is 16.5. The average molecular weight is 205 g/mol. The van der Waals surface area contributed by atoms with Crippen molar-refractivity contribution in [1.82, 2.24) is 15.4 Å². The van der Waals surface area contributed by atoms with E-state index in [0.29, 0.717) is 6.61 Å². The van der Waals surface area contributed by atoms with Crippen molar-refractivity contribution in [2.24, 2.45) is 17.8 Å². The number of hydrogen-bond acceptors (Lipinski definition) is 3. The summed E-state index contributed by atoms with van der Waals surface area (Å²) in [4.78, 5) is 0. The molecule has 3 atom stereocenters. The summed E-state index contributed by atoms with van der Waals surface area (Å²) in [5.74, 6) is 2.33. The average Bonchev–Trinajstić information content (AvgIpc) is 2.93. The van der Waals surface area contributed by atoms with Crippen LogP contribution in [0.1, 0.15) is 18.5 Å². The molecule has 2 aliphatic carbocycles. The van der Waals surface area contributed by atoms with Gasteiger partial charge >= 0.3 is 0 Å². The largest absolute Gasteiger partial charge is 0.375 e. The number of allylic oxidation sites excluding steroid dienone is 2. The van der Waals surface area contributed by atoms with Gasteiger partial charge in [-0.2, -0.15) is 0 Å². The maximum absolute atomic E-state index is 5.66. The van der Waals surface area contributed by atoms with E-state index in [9.17, 15) is 0 Å². The summed E-state index contributed by atoms with van der Waals surface area (Å²) in [6.07, 6.45) is 9.15. The number of ether oxygens (including phenoxy) is 1. The molecule has 4 nitrogen and oxygen atoms in total. The molecular weight excluding hydrogens is 190 g/mol. The summed E-state index contributed by atoms with van der Waals surface area (Å²) in [6, 6.07) is 0. The van der Waals surface area contributed by atoms with Gasteiger partial charge in [0.2, 0.25) is 0 Å². The summed E-state index contributed by atoms with van der Waals surface area (Å²) in [5, 5.41) is 10.2. The molecule has 3 rings (SSSR count). The highest BCUT2D eigenvalue weighted by molar-refractivity contribution is 5.10. The van der Waals surface area contributed by atoms with Crippen molar-refractivity contribution in [2.75, 3.05) is 6.61 Å². The van der Waals surface area contributed by atoms with Gasteiger partial charge in [0.15, 0.2) is 0 Å². The Hall–Kier alpha value is -1.16. The van der Waals surface area contributed by atoms with Crippen LogP contribution in [0.5, 0.6) is 0 Å². The molecule has 0 aliphatic heterocycles. The minimum absolute atomic E-state index is 0.577. The maximum Gasteiger partial charge on any atom is 0.108 e. The molecule has 1 fully saturated rings. The van der Waals surface area contributed by atoms with Crippen LogP contribution in [0.25, 0.3) is 0 Å². The van der Waals surface area contributed by atoms with Crippen LogP contribution >= 0.6 is 0 Å². The standard InChI is InChI=1S/C11H15N3O/c1-2-9-3-8(1)4-10(9)6-15-7-11-5-12-14-13-11/h1-2,5,8-10H,3-4,6-7H2,(H,12,13,14). The fourth-order valence-corrected chi connectivity index (χ4v) is 2.70. The molecule has 0 spiro atoms. The highest BCUT2D eigenvalue weighted by Crippen LogP contribution is 2.43. The SMILES string of the molecule is C1=CC2CC1CC2COCc1c[nH]nn1. The normalized spacial score (nSPS) is 32.7. The first-order valence-corrected chi connectivity index (χ1v) is 5.53. The van der Waals surface area contributed by atoms with Crippen LogP contribution in [0, 0.1) is 17.8 Å². The lowest BCUT2D eigenvalue weighted by molar-refractivity contribution is 0.0768. The Morgan fingerprint density at radius 3 is 3.07 bits per heavy atom. The van der Waals surface area contributed by atoms with Crippen molar-refractivity contribution >= 4 is 0 Å². The second-order valence-corrected chi connectivity index (χ2v) is 4.52. The number of aromatic nitrogens is 3. The molecule has 15 heavy (non-hydrogen) atoms. The monoisotopic (exact) mass is 205 g/mol. The molecule has 2 aliphatic rings. The molecule has 1 heterocycles. The molecule has 1 saturated carbocycles. The zero-order valence-corrected chi connectivity index (χ0v) is 8.60. The first-order valence-electron chi connectivity index (χ1n) is 5.53. The number of fused-ring (bicyclic) bond motifs is 2. The van der Waals surface area contributed by atoms with Gasteiger partial charge < -0.3 is 4.74 Å². The number of rotatable bonds is 4. The van der Waals surface area contributed by atoms with Gasteiger partial charge in [-0.1, -0.05) is 17.4 Å². The molecule has 0 radical (unpaired) electrons. The van der Waals surface area contributed by atoms with E-state index in [0.717, 1.165) is 30.1 Å². The van der Waals surface area contributed by atoms with E-state index in [1.165, 1.54) is 12.8 Å². The van der Waals surface area contributed by atoms with Gasteiger partial charge in [0.1, 0.15) is 5.69 Å². The number of hydrogen-bond donors (Lipinski definition) is 1.